The predicted octanol–water partition coefficient (Wildman–Crippen LogP) is 2.64. The lowest BCUT2D eigenvalue weighted by molar-refractivity contribution is 0.0142. The third kappa shape index (κ3) is 4.79. The second kappa shape index (κ2) is 8.16. The van der Waals surface area contributed by atoms with Crippen molar-refractivity contribution in [2.75, 3.05) is 32.7 Å². The second-order valence-corrected chi connectivity index (χ2v) is 8.49. The van der Waals surface area contributed by atoms with Crippen LogP contribution in [-0.4, -0.2) is 80.1 Å². The molecule has 0 aromatic carbocycles. The van der Waals surface area contributed by atoms with Gasteiger partial charge in [-0.15, -0.1) is 0 Å². The molecule has 0 radical (unpaired) electrons. The van der Waals surface area contributed by atoms with Gasteiger partial charge in [-0.3, -0.25) is 4.90 Å². The number of piperazine rings is 1. The summed E-state index contributed by atoms with van der Waals surface area (Å²) in [5.74, 6) is -1.11. The number of carboxylic acid groups (broad SMARTS) is 1. The van der Waals surface area contributed by atoms with E-state index in [4.69, 9.17) is 16.3 Å². The van der Waals surface area contributed by atoms with E-state index < -0.39 is 11.6 Å². The number of nitrogens with zero attached hydrogens (tertiary/aromatic N) is 5. The number of hydrogen-bond acceptors (Lipinski definition) is 6. The Morgan fingerprint density at radius 3 is 2.45 bits per heavy atom. The summed E-state index contributed by atoms with van der Waals surface area (Å²) in [6.45, 7) is 11.4. The number of pyridine rings is 1. The fraction of sp³-hybridized carbons (Fsp3) is 0.579. The van der Waals surface area contributed by atoms with Crippen LogP contribution in [0.15, 0.2) is 6.20 Å². The van der Waals surface area contributed by atoms with E-state index in [2.05, 4.69) is 15.0 Å². The highest BCUT2D eigenvalue weighted by atomic mass is 35.5. The van der Waals surface area contributed by atoms with Crippen molar-refractivity contribution in [2.45, 2.75) is 39.8 Å². The maximum Gasteiger partial charge on any atom is 0.410 e. The van der Waals surface area contributed by atoms with Gasteiger partial charge in [-0.25, -0.2) is 19.3 Å². The van der Waals surface area contributed by atoms with E-state index in [0.717, 1.165) is 19.6 Å². The number of ether oxygens (including phenoxy) is 1. The number of aryl methyl sites for hydroxylation is 1. The number of carbonyl (C=O) groups excluding carboxylic acids is 1. The van der Waals surface area contributed by atoms with Crippen molar-refractivity contribution in [1.82, 2.24) is 24.6 Å². The van der Waals surface area contributed by atoms with E-state index in [1.165, 1.54) is 6.20 Å². The molecular weight excluding hydrogens is 398 g/mol. The molecule has 0 aliphatic carbocycles. The Morgan fingerprint density at radius 2 is 1.86 bits per heavy atom. The minimum atomic E-state index is -1.11. The average molecular weight is 424 g/mol. The summed E-state index contributed by atoms with van der Waals surface area (Å²) in [5.41, 5.74) is 0.697. The van der Waals surface area contributed by atoms with Crippen LogP contribution in [0.25, 0.3) is 11.0 Å². The zero-order valence-corrected chi connectivity index (χ0v) is 17.9. The number of carbonyl (C=O) groups is 2. The number of halogens is 1. The topological polar surface area (TPSA) is 101 Å². The standard InChI is InChI=1S/C19H26ClN5O4/c1-12-14-15(20)13(17(26)27)11-21-16(14)25(22-12)10-7-23-5-8-24(9-6-23)18(28)29-19(2,3)4/h11H,5-10H2,1-4H3,(H,26,27). The maximum absolute atomic E-state index is 12.2. The molecule has 1 aliphatic rings. The Balaban J connectivity index is 1.62. The van der Waals surface area contributed by atoms with Crippen LogP contribution in [-0.2, 0) is 11.3 Å². The van der Waals surface area contributed by atoms with Crippen LogP contribution < -0.4 is 0 Å². The van der Waals surface area contributed by atoms with Gasteiger partial charge in [-0.05, 0) is 27.7 Å². The smallest absolute Gasteiger partial charge is 0.410 e. The Morgan fingerprint density at radius 1 is 1.21 bits per heavy atom. The van der Waals surface area contributed by atoms with Gasteiger partial charge in [0, 0.05) is 38.9 Å². The van der Waals surface area contributed by atoms with Crippen LogP contribution in [0.4, 0.5) is 4.79 Å². The third-order valence-corrected chi connectivity index (χ3v) is 5.15. The van der Waals surface area contributed by atoms with E-state index >= 15 is 0 Å². The van der Waals surface area contributed by atoms with E-state index in [9.17, 15) is 14.7 Å². The molecule has 1 N–H and O–H groups in total. The highest BCUT2D eigenvalue weighted by Crippen LogP contribution is 2.28. The van der Waals surface area contributed by atoms with Gasteiger partial charge in [0.1, 0.15) is 5.60 Å². The van der Waals surface area contributed by atoms with Gasteiger partial charge in [0.2, 0.25) is 0 Å². The molecule has 2 aromatic heterocycles. The quantitative estimate of drug-likeness (QED) is 0.806. The van der Waals surface area contributed by atoms with E-state index in [0.29, 0.717) is 36.4 Å². The fourth-order valence-electron chi connectivity index (χ4n) is 3.30. The number of aromatic nitrogens is 3. The zero-order chi connectivity index (χ0) is 21.3. The van der Waals surface area contributed by atoms with Crippen LogP contribution in [0.5, 0.6) is 0 Å². The third-order valence-electron chi connectivity index (χ3n) is 4.75. The summed E-state index contributed by atoms with van der Waals surface area (Å²) in [4.78, 5) is 31.7. The molecule has 29 heavy (non-hydrogen) atoms. The maximum atomic E-state index is 12.2. The summed E-state index contributed by atoms with van der Waals surface area (Å²) < 4.78 is 7.17. The Hall–Kier alpha value is -2.39. The normalized spacial score (nSPS) is 15.7. The first-order valence-electron chi connectivity index (χ1n) is 9.52. The first kappa shape index (κ1) is 21.3. The number of rotatable bonds is 4. The summed E-state index contributed by atoms with van der Waals surface area (Å²) in [5, 5.41) is 14.4. The number of carboxylic acids is 1. The minimum Gasteiger partial charge on any atom is -0.478 e. The Bertz CT molecular complexity index is 929. The van der Waals surface area contributed by atoms with Gasteiger partial charge in [-0.2, -0.15) is 5.10 Å². The summed E-state index contributed by atoms with van der Waals surface area (Å²) >= 11 is 6.26. The number of fused-ring (bicyclic) bond motifs is 1. The van der Waals surface area contributed by atoms with Gasteiger partial charge in [0.05, 0.1) is 28.2 Å². The average Bonchev–Trinajstić information content (AvgIpc) is 2.95. The van der Waals surface area contributed by atoms with E-state index in [1.54, 1.807) is 16.5 Å². The summed E-state index contributed by atoms with van der Waals surface area (Å²) in [6, 6.07) is 0. The molecule has 1 saturated heterocycles. The lowest BCUT2D eigenvalue weighted by Gasteiger charge is -2.35. The van der Waals surface area contributed by atoms with Crippen molar-refractivity contribution < 1.29 is 19.4 Å². The molecule has 0 unspecified atom stereocenters. The number of hydrogen-bond donors (Lipinski definition) is 1. The van der Waals surface area contributed by atoms with Crippen LogP contribution >= 0.6 is 11.6 Å². The van der Waals surface area contributed by atoms with Crippen LogP contribution in [0.1, 0.15) is 36.8 Å². The van der Waals surface area contributed by atoms with Crippen LogP contribution in [0.2, 0.25) is 5.02 Å². The summed E-state index contributed by atoms with van der Waals surface area (Å²) in [7, 11) is 0. The zero-order valence-electron chi connectivity index (χ0n) is 17.1. The number of aromatic carboxylic acids is 1. The molecule has 3 heterocycles. The van der Waals surface area contributed by atoms with Crippen molar-refractivity contribution >= 4 is 34.7 Å². The van der Waals surface area contributed by atoms with Crippen molar-refractivity contribution in [2.24, 2.45) is 0 Å². The highest BCUT2D eigenvalue weighted by molar-refractivity contribution is 6.38. The first-order chi connectivity index (χ1) is 13.6. The van der Waals surface area contributed by atoms with Crippen molar-refractivity contribution in [3.05, 3.63) is 22.5 Å². The molecule has 3 rings (SSSR count). The van der Waals surface area contributed by atoms with Crippen molar-refractivity contribution in [3.63, 3.8) is 0 Å². The molecule has 1 fully saturated rings. The largest absolute Gasteiger partial charge is 0.478 e. The molecule has 10 heteroatoms. The Kier molecular flexibility index (Phi) is 6.00. The van der Waals surface area contributed by atoms with Gasteiger partial charge in [0.25, 0.3) is 0 Å². The lowest BCUT2D eigenvalue weighted by atomic mass is 10.2. The van der Waals surface area contributed by atoms with Crippen LogP contribution in [0.3, 0.4) is 0 Å². The van der Waals surface area contributed by atoms with Crippen molar-refractivity contribution in [3.8, 4) is 0 Å². The highest BCUT2D eigenvalue weighted by Gasteiger charge is 2.26. The molecule has 2 aromatic rings. The molecule has 1 aliphatic heterocycles. The molecule has 9 nitrogen and oxygen atoms in total. The monoisotopic (exact) mass is 423 g/mol. The van der Waals surface area contributed by atoms with Crippen molar-refractivity contribution in [1.29, 1.82) is 0 Å². The lowest BCUT2D eigenvalue weighted by Crippen LogP contribution is -2.50. The molecule has 0 atom stereocenters. The first-order valence-corrected chi connectivity index (χ1v) is 9.90. The SMILES string of the molecule is Cc1nn(CCN2CCN(C(=O)OC(C)(C)C)CC2)c2ncc(C(=O)O)c(Cl)c12. The second-order valence-electron chi connectivity index (χ2n) is 8.11. The fourth-order valence-corrected chi connectivity index (χ4v) is 3.65. The predicted molar refractivity (Wildman–Crippen MR) is 108 cm³/mol. The minimum absolute atomic E-state index is 0.0277. The van der Waals surface area contributed by atoms with E-state index in [-0.39, 0.29) is 16.7 Å². The molecular formula is C19H26ClN5O4. The molecule has 1 amide bonds. The Labute approximate surface area is 174 Å². The van der Waals surface area contributed by atoms with Gasteiger partial charge in [-0.1, -0.05) is 11.6 Å². The van der Waals surface area contributed by atoms with Crippen LogP contribution in [0, 0.1) is 6.92 Å². The van der Waals surface area contributed by atoms with Gasteiger partial charge < -0.3 is 14.7 Å². The van der Waals surface area contributed by atoms with Gasteiger partial charge in [0.15, 0.2) is 5.65 Å². The molecule has 0 bridgehead atoms. The van der Waals surface area contributed by atoms with Gasteiger partial charge >= 0.3 is 12.1 Å². The summed E-state index contributed by atoms with van der Waals surface area (Å²) in [6.07, 6.45) is 0.989. The molecule has 0 saturated carbocycles. The molecule has 0 spiro atoms. The van der Waals surface area contributed by atoms with E-state index in [1.807, 2.05) is 20.8 Å². The molecule has 158 valence electrons. The number of amides is 1.